The van der Waals surface area contributed by atoms with Crippen LogP contribution in [0.3, 0.4) is 0 Å². The monoisotopic (exact) mass is 377 g/mol. The van der Waals surface area contributed by atoms with Crippen LogP contribution in [0.5, 0.6) is 0 Å². The molecule has 1 aromatic carbocycles. The number of allylic oxidation sites excluding steroid dienone is 1. The van der Waals surface area contributed by atoms with Crippen molar-refractivity contribution in [3.05, 3.63) is 58.4 Å². The second-order valence-electron chi connectivity index (χ2n) is 7.95. The van der Waals surface area contributed by atoms with Gasteiger partial charge in [0.05, 0.1) is 12.1 Å². The Hall–Kier alpha value is -2.69. The van der Waals surface area contributed by atoms with Gasteiger partial charge < -0.3 is 4.90 Å². The lowest BCUT2D eigenvalue weighted by molar-refractivity contribution is -0.132. The number of carbonyl (C=O) groups excluding carboxylic acids is 2. The maximum absolute atomic E-state index is 13.2. The summed E-state index contributed by atoms with van der Waals surface area (Å²) in [6.07, 6.45) is 3.54. The highest BCUT2D eigenvalue weighted by molar-refractivity contribution is 6.10. The Labute approximate surface area is 166 Å². The number of rotatable bonds is 6. The number of aryl methyl sites for hydroxylation is 2. The summed E-state index contributed by atoms with van der Waals surface area (Å²) in [7, 11) is 1.93. The minimum Gasteiger partial charge on any atom is -0.335 e. The Kier molecular flexibility index (Phi) is 4.92. The van der Waals surface area contributed by atoms with E-state index >= 15 is 0 Å². The van der Waals surface area contributed by atoms with Crippen LogP contribution in [0, 0.1) is 13.8 Å². The van der Waals surface area contributed by atoms with Crippen LogP contribution in [-0.2, 0) is 23.2 Å². The number of benzene rings is 1. The molecule has 5 heteroatoms. The summed E-state index contributed by atoms with van der Waals surface area (Å²) in [6, 6.07) is 10.3. The first-order chi connectivity index (χ1) is 13.5. The first-order valence-electron chi connectivity index (χ1n) is 10.0. The molecule has 1 amide bonds. The smallest absolute Gasteiger partial charge is 0.227 e. The average Bonchev–Trinajstić information content (AvgIpc) is 3.41. The van der Waals surface area contributed by atoms with E-state index in [4.69, 9.17) is 0 Å². The Morgan fingerprint density at radius 3 is 2.50 bits per heavy atom. The van der Waals surface area contributed by atoms with Crippen molar-refractivity contribution in [2.24, 2.45) is 7.05 Å². The molecule has 2 aliphatic carbocycles. The van der Waals surface area contributed by atoms with Crippen molar-refractivity contribution in [3.63, 3.8) is 0 Å². The van der Waals surface area contributed by atoms with Gasteiger partial charge in [-0.2, -0.15) is 5.10 Å². The van der Waals surface area contributed by atoms with E-state index in [0.717, 1.165) is 47.4 Å². The van der Waals surface area contributed by atoms with Gasteiger partial charge >= 0.3 is 0 Å². The van der Waals surface area contributed by atoms with Gasteiger partial charge in [0.25, 0.3) is 0 Å². The number of aromatic nitrogens is 2. The van der Waals surface area contributed by atoms with Gasteiger partial charge in [-0.1, -0.05) is 30.3 Å². The molecule has 0 saturated heterocycles. The van der Waals surface area contributed by atoms with Crippen molar-refractivity contribution < 1.29 is 9.59 Å². The SMILES string of the molecule is Cc1nn(C)c(C)c1CN(C(=O)CC1=C(c2ccccc2)CCC1=O)C1CC1. The van der Waals surface area contributed by atoms with Crippen molar-refractivity contribution in [1.82, 2.24) is 14.7 Å². The van der Waals surface area contributed by atoms with Gasteiger partial charge in [-0.25, -0.2) is 0 Å². The molecule has 0 bridgehead atoms. The van der Waals surface area contributed by atoms with Crippen molar-refractivity contribution in [3.8, 4) is 0 Å². The normalized spacial score (nSPS) is 16.8. The highest BCUT2D eigenvalue weighted by atomic mass is 16.2. The Morgan fingerprint density at radius 2 is 1.89 bits per heavy atom. The molecular weight excluding hydrogens is 350 g/mol. The summed E-state index contributed by atoms with van der Waals surface area (Å²) >= 11 is 0. The molecule has 1 aromatic heterocycles. The molecule has 28 heavy (non-hydrogen) atoms. The molecule has 0 N–H and O–H groups in total. The molecule has 0 atom stereocenters. The van der Waals surface area contributed by atoms with Gasteiger partial charge in [-0.15, -0.1) is 0 Å². The average molecular weight is 377 g/mol. The zero-order valence-corrected chi connectivity index (χ0v) is 16.9. The standard InChI is InChI=1S/C23H27N3O2/c1-15-21(16(2)25(3)24-15)14-26(18-9-10-18)23(28)13-20-19(11-12-22(20)27)17-7-5-4-6-8-17/h4-8,18H,9-14H2,1-3H3. The fourth-order valence-corrected chi connectivity index (χ4v) is 4.15. The van der Waals surface area contributed by atoms with Crippen molar-refractivity contribution in [2.75, 3.05) is 0 Å². The number of Topliss-reactive ketones (excluding diaryl/α,β-unsaturated/α-hetero) is 1. The number of ketones is 1. The minimum absolute atomic E-state index is 0.0591. The van der Waals surface area contributed by atoms with Crippen LogP contribution in [-0.4, -0.2) is 32.4 Å². The van der Waals surface area contributed by atoms with Gasteiger partial charge in [0, 0.05) is 42.9 Å². The molecule has 0 radical (unpaired) electrons. The first kappa shape index (κ1) is 18.7. The van der Waals surface area contributed by atoms with Crippen LogP contribution in [0.4, 0.5) is 0 Å². The topological polar surface area (TPSA) is 55.2 Å². The Bertz CT molecular complexity index is 952. The second-order valence-corrected chi connectivity index (χ2v) is 7.95. The molecule has 146 valence electrons. The predicted molar refractivity (Wildman–Crippen MR) is 108 cm³/mol. The van der Waals surface area contributed by atoms with E-state index in [1.807, 2.05) is 60.8 Å². The summed E-state index contributed by atoms with van der Waals surface area (Å²) < 4.78 is 1.87. The van der Waals surface area contributed by atoms with Crippen molar-refractivity contribution >= 4 is 17.3 Å². The minimum atomic E-state index is 0.0591. The maximum Gasteiger partial charge on any atom is 0.227 e. The second kappa shape index (κ2) is 7.38. The van der Waals surface area contributed by atoms with Gasteiger partial charge in [-0.3, -0.25) is 14.3 Å². The van der Waals surface area contributed by atoms with Crippen molar-refractivity contribution in [2.45, 2.75) is 58.5 Å². The third-order valence-corrected chi connectivity index (χ3v) is 6.05. The van der Waals surface area contributed by atoms with E-state index in [1.165, 1.54) is 0 Å². The van der Waals surface area contributed by atoms with Crippen LogP contribution < -0.4 is 0 Å². The summed E-state index contributed by atoms with van der Waals surface area (Å²) in [5.41, 5.74) is 6.01. The van der Waals surface area contributed by atoms with Crippen LogP contribution in [0.2, 0.25) is 0 Å². The molecule has 2 aromatic rings. The van der Waals surface area contributed by atoms with E-state index in [9.17, 15) is 9.59 Å². The predicted octanol–water partition coefficient (Wildman–Crippen LogP) is 3.73. The Morgan fingerprint density at radius 1 is 1.18 bits per heavy atom. The number of nitrogens with zero attached hydrogens (tertiary/aromatic N) is 3. The van der Waals surface area contributed by atoms with Crippen LogP contribution in [0.1, 0.15) is 54.6 Å². The summed E-state index contributed by atoms with van der Waals surface area (Å²) in [5, 5.41) is 4.49. The van der Waals surface area contributed by atoms with E-state index in [2.05, 4.69) is 5.10 Å². The number of hydrogen-bond donors (Lipinski definition) is 0. The van der Waals surface area contributed by atoms with Crippen LogP contribution >= 0.6 is 0 Å². The quantitative estimate of drug-likeness (QED) is 0.771. The lowest BCUT2D eigenvalue weighted by Crippen LogP contribution is -2.33. The van der Waals surface area contributed by atoms with E-state index in [1.54, 1.807) is 0 Å². The highest BCUT2D eigenvalue weighted by Crippen LogP contribution is 2.36. The zero-order valence-electron chi connectivity index (χ0n) is 16.9. The van der Waals surface area contributed by atoms with Gasteiger partial charge in [0.1, 0.15) is 0 Å². The van der Waals surface area contributed by atoms with Gasteiger partial charge in [0.15, 0.2) is 5.78 Å². The molecule has 0 spiro atoms. The fourth-order valence-electron chi connectivity index (χ4n) is 4.15. The summed E-state index contributed by atoms with van der Waals surface area (Å²) in [6.45, 7) is 4.62. The zero-order chi connectivity index (χ0) is 19.8. The largest absolute Gasteiger partial charge is 0.335 e. The molecule has 1 saturated carbocycles. The molecule has 2 aliphatic rings. The summed E-state index contributed by atoms with van der Waals surface area (Å²) in [5.74, 6) is 0.181. The van der Waals surface area contributed by atoms with Gasteiger partial charge in [0.2, 0.25) is 5.91 Å². The third-order valence-electron chi connectivity index (χ3n) is 6.05. The lowest BCUT2D eigenvalue weighted by atomic mass is 9.99. The number of amides is 1. The van der Waals surface area contributed by atoms with E-state index < -0.39 is 0 Å². The molecule has 1 fully saturated rings. The molecular formula is C23H27N3O2. The van der Waals surface area contributed by atoms with Crippen LogP contribution in [0.25, 0.3) is 5.57 Å². The summed E-state index contributed by atoms with van der Waals surface area (Å²) in [4.78, 5) is 27.7. The Balaban J connectivity index is 1.59. The highest BCUT2D eigenvalue weighted by Gasteiger charge is 2.35. The van der Waals surface area contributed by atoms with E-state index in [0.29, 0.717) is 24.6 Å². The maximum atomic E-state index is 13.2. The van der Waals surface area contributed by atoms with Crippen LogP contribution in [0.15, 0.2) is 35.9 Å². The lowest BCUT2D eigenvalue weighted by Gasteiger charge is -2.23. The molecule has 0 aliphatic heterocycles. The molecule has 5 nitrogen and oxygen atoms in total. The molecule has 0 unspecified atom stereocenters. The van der Waals surface area contributed by atoms with Crippen molar-refractivity contribution in [1.29, 1.82) is 0 Å². The fraction of sp³-hybridized carbons (Fsp3) is 0.435. The first-order valence-corrected chi connectivity index (χ1v) is 10.0. The third kappa shape index (κ3) is 3.53. The number of hydrogen-bond acceptors (Lipinski definition) is 3. The number of carbonyl (C=O) groups is 2. The molecule has 1 heterocycles. The van der Waals surface area contributed by atoms with Gasteiger partial charge in [-0.05, 0) is 44.2 Å². The molecule has 4 rings (SSSR count). The van der Waals surface area contributed by atoms with E-state index in [-0.39, 0.29) is 18.1 Å².